The Morgan fingerprint density at radius 3 is 2.15 bits per heavy atom. The minimum Gasteiger partial charge on any atom is -0.492 e. The van der Waals surface area contributed by atoms with E-state index in [-0.39, 0.29) is 0 Å². The van der Waals surface area contributed by atoms with Crippen molar-refractivity contribution < 1.29 is 4.74 Å². The Hall–Kier alpha value is -2.31. The van der Waals surface area contributed by atoms with Crippen LogP contribution in [0.1, 0.15) is 11.1 Å². The third-order valence-corrected chi connectivity index (χ3v) is 2.69. The fraction of sp³-hybridized carbons (Fsp3) is 0.235. The molecule has 0 saturated carbocycles. The van der Waals surface area contributed by atoms with Crippen molar-refractivity contribution in [3.8, 4) is 17.6 Å². The highest BCUT2D eigenvalue weighted by atomic mass is 16.5. The summed E-state index contributed by atoms with van der Waals surface area (Å²) in [5, 5.41) is 0. The van der Waals surface area contributed by atoms with Crippen LogP contribution < -0.4 is 4.74 Å². The van der Waals surface area contributed by atoms with Gasteiger partial charge in [0.1, 0.15) is 12.4 Å². The smallest absolute Gasteiger partial charge is 0.119 e. The summed E-state index contributed by atoms with van der Waals surface area (Å²) < 4.78 is 5.64. The molecule has 0 aliphatic carbocycles. The van der Waals surface area contributed by atoms with E-state index in [0.717, 1.165) is 23.4 Å². The second-order valence-electron chi connectivity index (χ2n) is 4.66. The van der Waals surface area contributed by atoms with Crippen molar-refractivity contribution >= 4 is 0 Å². The summed E-state index contributed by atoms with van der Waals surface area (Å²) in [6, 6.07) is 11.6. The molecule has 0 fully saturated rings. The van der Waals surface area contributed by atoms with Crippen LogP contribution in [-0.2, 0) is 0 Å². The van der Waals surface area contributed by atoms with Crippen molar-refractivity contribution in [2.24, 2.45) is 0 Å². The summed E-state index contributed by atoms with van der Waals surface area (Å²) in [4.78, 5) is 6.06. The number of hydrogen-bond acceptors (Lipinski definition) is 3. The molecule has 0 saturated heterocycles. The van der Waals surface area contributed by atoms with Crippen molar-refractivity contribution in [1.82, 2.24) is 9.88 Å². The molecule has 2 rings (SSSR count). The molecule has 20 heavy (non-hydrogen) atoms. The number of aromatic nitrogens is 1. The maximum atomic E-state index is 5.64. The fourth-order valence-corrected chi connectivity index (χ4v) is 1.56. The van der Waals surface area contributed by atoms with Gasteiger partial charge in [-0.1, -0.05) is 11.8 Å². The van der Waals surface area contributed by atoms with Crippen LogP contribution in [0.5, 0.6) is 5.75 Å². The Kier molecular flexibility index (Phi) is 5.16. The number of nitrogens with zero attached hydrogens (tertiary/aromatic N) is 2. The summed E-state index contributed by atoms with van der Waals surface area (Å²) in [6.07, 6.45) is 3.48. The van der Waals surface area contributed by atoms with Gasteiger partial charge in [-0.15, -0.1) is 0 Å². The van der Waals surface area contributed by atoms with Crippen molar-refractivity contribution in [2.45, 2.75) is 0 Å². The van der Waals surface area contributed by atoms with Crippen LogP contribution in [0, 0.1) is 11.8 Å². The van der Waals surface area contributed by atoms with Gasteiger partial charge in [0, 0.05) is 30.1 Å². The van der Waals surface area contributed by atoms with Gasteiger partial charge in [-0.25, -0.2) is 0 Å². The number of pyridine rings is 1. The first-order valence-corrected chi connectivity index (χ1v) is 6.54. The van der Waals surface area contributed by atoms with Gasteiger partial charge >= 0.3 is 0 Å². The molecule has 0 unspecified atom stereocenters. The normalized spacial score (nSPS) is 9.95. The van der Waals surface area contributed by atoms with Crippen LogP contribution in [-0.4, -0.2) is 37.1 Å². The largest absolute Gasteiger partial charge is 0.492 e. The van der Waals surface area contributed by atoms with Gasteiger partial charge in [0.05, 0.1) is 0 Å². The molecule has 3 heteroatoms. The summed E-state index contributed by atoms with van der Waals surface area (Å²) >= 11 is 0. The van der Waals surface area contributed by atoms with Gasteiger partial charge < -0.3 is 9.64 Å². The van der Waals surface area contributed by atoms with Crippen molar-refractivity contribution in [3.05, 3.63) is 59.9 Å². The summed E-state index contributed by atoms with van der Waals surface area (Å²) in [5.74, 6) is 7.10. The zero-order valence-electron chi connectivity index (χ0n) is 11.8. The van der Waals surface area contributed by atoms with Crippen LogP contribution in [0.4, 0.5) is 0 Å². The van der Waals surface area contributed by atoms with Gasteiger partial charge in [-0.05, 0) is 50.5 Å². The minimum atomic E-state index is 0.690. The molecule has 0 N–H and O–H groups in total. The number of hydrogen-bond donors (Lipinski definition) is 0. The summed E-state index contributed by atoms with van der Waals surface area (Å²) in [6.45, 7) is 1.60. The molecular formula is C17H18N2O. The average Bonchev–Trinajstić information content (AvgIpc) is 2.47. The first-order chi connectivity index (χ1) is 9.74. The van der Waals surface area contributed by atoms with Gasteiger partial charge in [-0.2, -0.15) is 0 Å². The lowest BCUT2D eigenvalue weighted by atomic mass is 10.2. The SMILES string of the molecule is CN(C)CCOc1ccc(C#Cc2ccncc2)cc1. The third-order valence-electron chi connectivity index (χ3n) is 2.69. The third kappa shape index (κ3) is 4.75. The maximum absolute atomic E-state index is 5.64. The molecule has 102 valence electrons. The van der Waals surface area contributed by atoms with E-state index in [9.17, 15) is 0 Å². The van der Waals surface area contributed by atoms with Crippen LogP contribution in [0.25, 0.3) is 0 Å². The topological polar surface area (TPSA) is 25.4 Å². The Bertz CT molecular complexity index is 580. The van der Waals surface area contributed by atoms with Crippen LogP contribution in [0.2, 0.25) is 0 Å². The van der Waals surface area contributed by atoms with Gasteiger partial charge in [0.15, 0.2) is 0 Å². The van der Waals surface area contributed by atoms with Crippen molar-refractivity contribution in [1.29, 1.82) is 0 Å². The average molecular weight is 266 g/mol. The van der Waals surface area contributed by atoms with E-state index in [1.165, 1.54) is 0 Å². The molecule has 2 aromatic rings. The van der Waals surface area contributed by atoms with Crippen LogP contribution >= 0.6 is 0 Å². The number of benzene rings is 1. The van der Waals surface area contributed by atoms with E-state index >= 15 is 0 Å². The Labute approximate surface area is 120 Å². The lowest BCUT2D eigenvalue weighted by Gasteiger charge is -2.10. The lowest BCUT2D eigenvalue weighted by Crippen LogP contribution is -2.19. The van der Waals surface area contributed by atoms with Crippen LogP contribution in [0.15, 0.2) is 48.8 Å². The van der Waals surface area contributed by atoms with Gasteiger partial charge in [-0.3, -0.25) is 4.98 Å². The Morgan fingerprint density at radius 1 is 0.950 bits per heavy atom. The number of rotatable bonds is 4. The molecule has 0 aliphatic rings. The molecular weight excluding hydrogens is 248 g/mol. The molecule has 1 aromatic carbocycles. The Morgan fingerprint density at radius 2 is 1.55 bits per heavy atom. The number of ether oxygens (including phenoxy) is 1. The highest BCUT2D eigenvalue weighted by Crippen LogP contribution is 2.11. The van der Waals surface area contributed by atoms with Crippen molar-refractivity contribution in [2.75, 3.05) is 27.2 Å². The highest BCUT2D eigenvalue weighted by Gasteiger charge is 1.95. The van der Waals surface area contributed by atoms with Crippen molar-refractivity contribution in [3.63, 3.8) is 0 Å². The summed E-state index contributed by atoms with van der Waals surface area (Å²) in [7, 11) is 4.06. The molecule has 0 spiro atoms. The van der Waals surface area contributed by atoms with Crippen LogP contribution in [0.3, 0.4) is 0 Å². The first kappa shape index (κ1) is 14.1. The fourth-order valence-electron chi connectivity index (χ4n) is 1.56. The van der Waals surface area contributed by atoms with E-state index < -0.39 is 0 Å². The predicted octanol–water partition coefficient (Wildman–Crippen LogP) is 2.42. The van der Waals surface area contributed by atoms with Gasteiger partial charge in [0.2, 0.25) is 0 Å². The molecule has 0 atom stereocenters. The zero-order chi connectivity index (χ0) is 14.2. The molecule has 0 amide bonds. The van der Waals surface area contributed by atoms with Gasteiger partial charge in [0.25, 0.3) is 0 Å². The predicted molar refractivity (Wildman–Crippen MR) is 80.7 cm³/mol. The highest BCUT2D eigenvalue weighted by molar-refractivity contribution is 5.43. The monoisotopic (exact) mass is 266 g/mol. The van der Waals surface area contributed by atoms with E-state index in [1.807, 2.05) is 50.5 Å². The van der Waals surface area contributed by atoms with E-state index in [1.54, 1.807) is 12.4 Å². The standard InChI is InChI=1S/C17H18N2O/c1-19(2)13-14-20-17-7-5-15(6-8-17)3-4-16-9-11-18-12-10-16/h5-12H,13-14H2,1-2H3. The van der Waals surface area contributed by atoms with E-state index in [0.29, 0.717) is 6.61 Å². The summed E-state index contributed by atoms with van der Waals surface area (Å²) in [5.41, 5.74) is 1.94. The maximum Gasteiger partial charge on any atom is 0.119 e. The number of likely N-dealkylation sites (N-methyl/N-ethyl adjacent to an activating group) is 1. The second-order valence-corrected chi connectivity index (χ2v) is 4.66. The quantitative estimate of drug-likeness (QED) is 0.795. The molecule has 0 radical (unpaired) electrons. The second kappa shape index (κ2) is 7.32. The van der Waals surface area contributed by atoms with E-state index in [2.05, 4.69) is 21.7 Å². The lowest BCUT2D eigenvalue weighted by molar-refractivity contribution is 0.261. The minimum absolute atomic E-state index is 0.690. The first-order valence-electron chi connectivity index (χ1n) is 6.54. The molecule has 0 bridgehead atoms. The van der Waals surface area contributed by atoms with E-state index in [4.69, 9.17) is 4.74 Å². The molecule has 1 aromatic heterocycles. The Balaban J connectivity index is 1.93. The molecule has 3 nitrogen and oxygen atoms in total. The molecule has 0 aliphatic heterocycles. The molecule has 1 heterocycles. The zero-order valence-corrected chi connectivity index (χ0v) is 11.8.